The molecule has 0 aromatic heterocycles. The van der Waals surface area contributed by atoms with Crippen molar-refractivity contribution in [3.05, 3.63) is 0 Å². The first-order chi connectivity index (χ1) is 9.58. The molecule has 0 saturated carbocycles. The van der Waals surface area contributed by atoms with Crippen LogP contribution in [-0.4, -0.2) is 49.3 Å². The Bertz CT molecular complexity index is 279. The molecule has 3 unspecified atom stereocenters. The van der Waals surface area contributed by atoms with Gasteiger partial charge in [-0.1, -0.05) is 27.7 Å². The fraction of sp³-hybridized carbons (Fsp3) is 1.00. The second-order valence-corrected chi connectivity index (χ2v) is 7.21. The van der Waals surface area contributed by atoms with Gasteiger partial charge >= 0.3 is 0 Å². The molecule has 2 rings (SSSR count). The molecule has 1 N–H and O–H groups in total. The third-order valence-corrected chi connectivity index (χ3v) is 5.35. The van der Waals surface area contributed by atoms with E-state index in [1.807, 2.05) is 0 Å². The Balaban J connectivity index is 2.03. The molecular weight excluding hydrogens is 248 g/mol. The summed E-state index contributed by atoms with van der Waals surface area (Å²) >= 11 is 0. The van der Waals surface area contributed by atoms with E-state index in [9.17, 15) is 0 Å². The molecule has 0 aromatic rings. The Kier molecular flexibility index (Phi) is 5.88. The van der Waals surface area contributed by atoms with Gasteiger partial charge in [0, 0.05) is 25.7 Å². The molecule has 2 fully saturated rings. The summed E-state index contributed by atoms with van der Waals surface area (Å²) < 4.78 is 6.16. The lowest BCUT2D eigenvalue weighted by molar-refractivity contribution is -0.113. The van der Waals surface area contributed by atoms with E-state index in [-0.39, 0.29) is 5.60 Å². The van der Waals surface area contributed by atoms with Crippen molar-refractivity contribution < 1.29 is 4.74 Å². The Morgan fingerprint density at radius 1 is 1.10 bits per heavy atom. The lowest BCUT2D eigenvalue weighted by atomic mass is 9.84. The highest BCUT2D eigenvalue weighted by molar-refractivity contribution is 4.90. The predicted octanol–water partition coefficient (Wildman–Crippen LogP) is 2.90. The molecule has 0 aliphatic carbocycles. The summed E-state index contributed by atoms with van der Waals surface area (Å²) in [7, 11) is 0. The smallest absolute Gasteiger partial charge is 0.0692 e. The van der Waals surface area contributed by atoms with Crippen molar-refractivity contribution in [2.45, 2.75) is 65.0 Å². The average molecular weight is 282 g/mol. The highest BCUT2D eigenvalue weighted by Crippen LogP contribution is 2.34. The molecule has 2 heterocycles. The van der Waals surface area contributed by atoms with Crippen molar-refractivity contribution in [1.82, 2.24) is 10.2 Å². The van der Waals surface area contributed by atoms with E-state index in [1.165, 1.54) is 25.9 Å². The van der Waals surface area contributed by atoms with Gasteiger partial charge in [-0.15, -0.1) is 0 Å². The van der Waals surface area contributed by atoms with Crippen LogP contribution in [0.15, 0.2) is 0 Å². The quantitative estimate of drug-likeness (QED) is 0.861. The van der Waals surface area contributed by atoms with Gasteiger partial charge in [-0.3, -0.25) is 4.90 Å². The summed E-state index contributed by atoms with van der Waals surface area (Å²) in [6, 6.07) is 0.728. The van der Waals surface area contributed by atoms with Gasteiger partial charge in [0.25, 0.3) is 0 Å². The lowest BCUT2D eigenvalue weighted by Crippen LogP contribution is -2.52. The summed E-state index contributed by atoms with van der Waals surface area (Å²) in [6.07, 6.45) is 4.75. The maximum Gasteiger partial charge on any atom is 0.0692 e. The Morgan fingerprint density at radius 2 is 1.70 bits per heavy atom. The monoisotopic (exact) mass is 282 g/mol. The summed E-state index contributed by atoms with van der Waals surface area (Å²) in [5.74, 6) is 1.51. The average Bonchev–Trinajstić information content (AvgIpc) is 2.44. The molecule has 3 atom stereocenters. The SMILES string of the molecule is CCC1(CC)CC(N2CC(C)CNCC(C)C2)CCO1. The van der Waals surface area contributed by atoms with Crippen molar-refractivity contribution in [2.75, 3.05) is 32.8 Å². The van der Waals surface area contributed by atoms with Gasteiger partial charge < -0.3 is 10.1 Å². The Labute approximate surface area is 125 Å². The highest BCUT2D eigenvalue weighted by atomic mass is 16.5. The molecule has 2 aliphatic heterocycles. The van der Waals surface area contributed by atoms with Crippen LogP contribution < -0.4 is 5.32 Å². The number of hydrogen-bond donors (Lipinski definition) is 1. The molecular formula is C17H34N2O. The topological polar surface area (TPSA) is 24.5 Å². The van der Waals surface area contributed by atoms with E-state index >= 15 is 0 Å². The number of nitrogens with one attached hydrogen (secondary N) is 1. The van der Waals surface area contributed by atoms with Crippen LogP contribution in [0.5, 0.6) is 0 Å². The van der Waals surface area contributed by atoms with Crippen LogP contribution in [0.2, 0.25) is 0 Å². The maximum atomic E-state index is 6.16. The normalized spacial score (nSPS) is 36.3. The van der Waals surface area contributed by atoms with Crippen LogP contribution in [0.25, 0.3) is 0 Å². The van der Waals surface area contributed by atoms with Gasteiger partial charge in [0.05, 0.1) is 5.60 Å². The van der Waals surface area contributed by atoms with Gasteiger partial charge in [0.1, 0.15) is 0 Å². The van der Waals surface area contributed by atoms with Gasteiger partial charge in [-0.25, -0.2) is 0 Å². The zero-order valence-electron chi connectivity index (χ0n) is 14.0. The zero-order chi connectivity index (χ0) is 14.6. The largest absolute Gasteiger partial charge is 0.375 e. The van der Waals surface area contributed by atoms with E-state index < -0.39 is 0 Å². The Morgan fingerprint density at radius 3 is 2.25 bits per heavy atom. The van der Waals surface area contributed by atoms with Gasteiger partial charge in [0.15, 0.2) is 0 Å². The number of rotatable bonds is 3. The fourth-order valence-electron chi connectivity index (χ4n) is 3.93. The van der Waals surface area contributed by atoms with Gasteiger partial charge in [0.2, 0.25) is 0 Å². The molecule has 2 aliphatic rings. The molecule has 0 radical (unpaired) electrons. The van der Waals surface area contributed by atoms with Crippen LogP contribution in [0.3, 0.4) is 0 Å². The van der Waals surface area contributed by atoms with E-state index in [0.29, 0.717) is 0 Å². The summed E-state index contributed by atoms with van der Waals surface area (Å²) in [5.41, 5.74) is 0.149. The van der Waals surface area contributed by atoms with Crippen LogP contribution in [0.4, 0.5) is 0 Å². The third kappa shape index (κ3) is 3.96. The number of hydrogen-bond acceptors (Lipinski definition) is 3. The van der Waals surface area contributed by atoms with Crippen molar-refractivity contribution in [3.63, 3.8) is 0 Å². The second-order valence-electron chi connectivity index (χ2n) is 7.21. The zero-order valence-corrected chi connectivity index (χ0v) is 14.0. The van der Waals surface area contributed by atoms with E-state index in [2.05, 4.69) is 37.9 Å². The molecule has 20 heavy (non-hydrogen) atoms. The van der Waals surface area contributed by atoms with E-state index in [0.717, 1.165) is 50.4 Å². The first-order valence-electron chi connectivity index (χ1n) is 8.67. The summed E-state index contributed by atoms with van der Waals surface area (Å²) in [4.78, 5) is 2.78. The predicted molar refractivity (Wildman–Crippen MR) is 85.1 cm³/mol. The van der Waals surface area contributed by atoms with Crippen molar-refractivity contribution >= 4 is 0 Å². The minimum absolute atomic E-state index is 0.149. The molecule has 3 nitrogen and oxygen atoms in total. The molecule has 2 saturated heterocycles. The van der Waals surface area contributed by atoms with E-state index in [4.69, 9.17) is 4.74 Å². The minimum atomic E-state index is 0.149. The van der Waals surface area contributed by atoms with Crippen LogP contribution in [0.1, 0.15) is 53.4 Å². The second kappa shape index (κ2) is 7.24. The van der Waals surface area contributed by atoms with Crippen LogP contribution in [0, 0.1) is 11.8 Å². The van der Waals surface area contributed by atoms with Gasteiger partial charge in [-0.05, 0) is 50.6 Å². The maximum absolute atomic E-state index is 6.16. The minimum Gasteiger partial charge on any atom is -0.375 e. The fourth-order valence-corrected chi connectivity index (χ4v) is 3.93. The van der Waals surface area contributed by atoms with Crippen LogP contribution >= 0.6 is 0 Å². The third-order valence-electron chi connectivity index (χ3n) is 5.35. The standard InChI is InChI=1S/C17H34N2O/c1-5-17(6-2)9-16(7-8-20-17)19-12-14(3)10-18-11-15(4)13-19/h14-16,18H,5-13H2,1-4H3. The molecule has 0 amide bonds. The molecule has 3 heteroatoms. The van der Waals surface area contributed by atoms with Gasteiger partial charge in [-0.2, -0.15) is 0 Å². The van der Waals surface area contributed by atoms with E-state index in [1.54, 1.807) is 0 Å². The van der Waals surface area contributed by atoms with Crippen molar-refractivity contribution in [1.29, 1.82) is 0 Å². The molecule has 0 aromatic carbocycles. The van der Waals surface area contributed by atoms with Crippen molar-refractivity contribution in [2.24, 2.45) is 11.8 Å². The molecule has 0 spiro atoms. The summed E-state index contributed by atoms with van der Waals surface area (Å²) in [6.45, 7) is 15.1. The van der Waals surface area contributed by atoms with Crippen molar-refractivity contribution in [3.8, 4) is 0 Å². The number of ether oxygens (including phenoxy) is 1. The molecule has 0 bridgehead atoms. The lowest BCUT2D eigenvalue weighted by Gasteiger charge is -2.46. The number of nitrogens with zero attached hydrogens (tertiary/aromatic N) is 1. The van der Waals surface area contributed by atoms with Crippen LogP contribution in [-0.2, 0) is 4.74 Å². The first-order valence-corrected chi connectivity index (χ1v) is 8.67. The first kappa shape index (κ1) is 16.3. The summed E-state index contributed by atoms with van der Waals surface area (Å²) in [5, 5.41) is 3.60. The highest BCUT2D eigenvalue weighted by Gasteiger charge is 2.37. The Hall–Kier alpha value is -0.120. The molecule has 118 valence electrons.